The summed E-state index contributed by atoms with van der Waals surface area (Å²) in [5, 5.41) is 11.2. The fraction of sp³-hybridized carbons (Fsp3) is 0.167. The van der Waals surface area contributed by atoms with Crippen molar-refractivity contribution in [2.45, 2.75) is 17.4 Å². The molecule has 1 atom stereocenters. The quantitative estimate of drug-likeness (QED) is 0.415. The number of aromatic nitrogens is 3. The highest BCUT2D eigenvalue weighted by Crippen LogP contribution is 2.22. The Labute approximate surface area is 150 Å². The predicted octanol–water partition coefficient (Wildman–Crippen LogP) is 1.93. The summed E-state index contributed by atoms with van der Waals surface area (Å²) in [4.78, 5) is 10.2. The summed E-state index contributed by atoms with van der Waals surface area (Å²) in [6.45, 7) is -0.306. The Morgan fingerprint density at radius 3 is 2.73 bits per heavy atom. The highest BCUT2D eigenvalue weighted by atomic mass is 32.2. The molecule has 1 aromatic carbocycles. The smallest absolute Gasteiger partial charge is 0.243 e. The maximum Gasteiger partial charge on any atom is 0.243 e. The van der Waals surface area contributed by atoms with Gasteiger partial charge in [-0.25, -0.2) is 18.1 Å². The van der Waals surface area contributed by atoms with Gasteiger partial charge in [0, 0.05) is 40.9 Å². The second kappa shape index (κ2) is 6.56. The predicted molar refractivity (Wildman–Crippen MR) is 99.3 cm³/mol. The van der Waals surface area contributed by atoms with Gasteiger partial charge >= 0.3 is 0 Å². The van der Waals surface area contributed by atoms with Crippen molar-refractivity contribution < 1.29 is 13.5 Å². The van der Waals surface area contributed by atoms with Crippen LogP contribution in [0.1, 0.15) is 5.56 Å². The number of H-pyrrole nitrogens is 2. The molecule has 4 rings (SSSR count). The molecule has 0 bridgehead atoms. The molecule has 134 valence electrons. The van der Waals surface area contributed by atoms with E-state index in [1.165, 1.54) is 6.20 Å². The molecule has 8 heteroatoms. The van der Waals surface area contributed by atoms with Crippen LogP contribution in [0.25, 0.3) is 21.9 Å². The summed E-state index contributed by atoms with van der Waals surface area (Å²) in [5.74, 6) is 0. The maximum absolute atomic E-state index is 12.8. The zero-order chi connectivity index (χ0) is 18.1. The Morgan fingerprint density at radius 2 is 1.88 bits per heavy atom. The van der Waals surface area contributed by atoms with Crippen LogP contribution < -0.4 is 4.72 Å². The summed E-state index contributed by atoms with van der Waals surface area (Å²) in [5.41, 5.74) is 2.43. The molecule has 0 spiro atoms. The number of aliphatic hydroxyl groups excluding tert-OH is 1. The molecule has 4 N–H and O–H groups in total. The van der Waals surface area contributed by atoms with Crippen LogP contribution in [0.2, 0.25) is 0 Å². The maximum atomic E-state index is 12.8. The van der Waals surface area contributed by atoms with E-state index in [0.29, 0.717) is 17.5 Å². The number of sulfonamides is 1. The van der Waals surface area contributed by atoms with Gasteiger partial charge in [0.2, 0.25) is 10.0 Å². The van der Waals surface area contributed by atoms with Crippen molar-refractivity contribution in [1.29, 1.82) is 0 Å². The number of aliphatic hydroxyl groups is 1. The van der Waals surface area contributed by atoms with Crippen molar-refractivity contribution in [3.8, 4) is 0 Å². The molecule has 0 aliphatic rings. The average Bonchev–Trinajstić information content (AvgIpc) is 3.26. The van der Waals surface area contributed by atoms with Crippen molar-refractivity contribution in [2.24, 2.45) is 0 Å². The molecular formula is C18H18N4O3S. The normalized spacial score (nSPS) is 13.4. The molecule has 0 aliphatic carbocycles. The summed E-state index contributed by atoms with van der Waals surface area (Å²) >= 11 is 0. The van der Waals surface area contributed by atoms with Crippen LogP contribution in [-0.2, 0) is 16.4 Å². The van der Waals surface area contributed by atoms with Gasteiger partial charge in [0.25, 0.3) is 0 Å². The Bertz CT molecular complexity index is 1160. The van der Waals surface area contributed by atoms with Gasteiger partial charge in [0.05, 0.1) is 6.61 Å². The number of fused-ring (bicyclic) bond motifs is 2. The monoisotopic (exact) mass is 370 g/mol. The summed E-state index contributed by atoms with van der Waals surface area (Å²) in [7, 11) is -3.80. The fourth-order valence-corrected chi connectivity index (χ4v) is 4.54. The lowest BCUT2D eigenvalue weighted by Crippen LogP contribution is -2.38. The number of benzene rings is 1. The van der Waals surface area contributed by atoms with Gasteiger partial charge in [-0.05, 0) is 30.2 Å². The van der Waals surface area contributed by atoms with Crippen molar-refractivity contribution in [3.63, 3.8) is 0 Å². The number of rotatable bonds is 6. The first-order chi connectivity index (χ1) is 12.6. The van der Waals surface area contributed by atoms with Crippen LogP contribution in [0.5, 0.6) is 0 Å². The average molecular weight is 370 g/mol. The molecule has 1 unspecified atom stereocenters. The number of hydrogen-bond acceptors (Lipinski definition) is 4. The van der Waals surface area contributed by atoms with E-state index in [0.717, 1.165) is 16.5 Å². The number of nitrogens with zero attached hydrogens (tertiary/aromatic N) is 1. The van der Waals surface area contributed by atoms with Gasteiger partial charge in [-0.3, -0.25) is 0 Å². The number of aromatic amines is 2. The van der Waals surface area contributed by atoms with Crippen LogP contribution in [0.15, 0.2) is 59.9 Å². The lowest BCUT2D eigenvalue weighted by atomic mass is 10.1. The van der Waals surface area contributed by atoms with E-state index in [1.807, 2.05) is 30.5 Å². The van der Waals surface area contributed by atoms with E-state index in [4.69, 9.17) is 0 Å². The van der Waals surface area contributed by atoms with Gasteiger partial charge < -0.3 is 15.1 Å². The van der Waals surface area contributed by atoms with E-state index < -0.39 is 16.1 Å². The van der Waals surface area contributed by atoms with Gasteiger partial charge in [0.15, 0.2) is 0 Å². The van der Waals surface area contributed by atoms with Gasteiger partial charge in [-0.2, -0.15) is 0 Å². The van der Waals surface area contributed by atoms with Crippen LogP contribution in [0.4, 0.5) is 0 Å². The number of para-hydroxylation sites is 1. The molecule has 0 fully saturated rings. The molecule has 0 aliphatic heterocycles. The molecule has 26 heavy (non-hydrogen) atoms. The Hall–Kier alpha value is -2.68. The fourth-order valence-electron chi connectivity index (χ4n) is 3.15. The standard InChI is InChI=1S/C18H18N4O3S/c23-11-13(8-12-9-20-16-6-2-1-4-14(12)16)22-26(24,25)17-10-21-18-15(17)5-3-7-19-18/h1-7,9-10,13,20,22-23H,8,11H2,(H,19,21). The van der Waals surface area contributed by atoms with Gasteiger partial charge in [-0.15, -0.1) is 0 Å². The first kappa shape index (κ1) is 16.8. The summed E-state index contributed by atoms with van der Waals surface area (Å²) < 4.78 is 28.2. The minimum atomic E-state index is -3.80. The third kappa shape index (κ3) is 2.98. The Kier molecular flexibility index (Phi) is 4.23. The molecule has 4 aromatic rings. The molecule has 3 heterocycles. The minimum absolute atomic E-state index is 0.123. The van der Waals surface area contributed by atoms with Crippen LogP contribution in [0, 0.1) is 0 Å². The first-order valence-corrected chi connectivity index (χ1v) is 9.67. The molecule has 0 amide bonds. The van der Waals surface area contributed by atoms with Crippen molar-refractivity contribution in [1.82, 2.24) is 19.7 Å². The summed E-state index contributed by atoms with van der Waals surface area (Å²) in [6.07, 6.45) is 5.23. The third-order valence-corrected chi connectivity index (χ3v) is 5.95. The lowest BCUT2D eigenvalue weighted by Gasteiger charge is -2.16. The van der Waals surface area contributed by atoms with E-state index >= 15 is 0 Å². The Balaban J connectivity index is 1.61. The molecule has 7 nitrogen and oxygen atoms in total. The second-order valence-electron chi connectivity index (χ2n) is 6.12. The van der Waals surface area contributed by atoms with Gasteiger partial charge in [0.1, 0.15) is 10.5 Å². The minimum Gasteiger partial charge on any atom is -0.395 e. The van der Waals surface area contributed by atoms with Crippen molar-refractivity contribution >= 4 is 32.0 Å². The van der Waals surface area contributed by atoms with Crippen LogP contribution in [0.3, 0.4) is 0 Å². The molecule has 0 radical (unpaired) electrons. The second-order valence-corrected chi connectivity index (χ2v) is 7.80. The van der Waals surface area contributed by atoms with Crippen molar-refractivity contribution in [3.05, 3.63) is 60.6 Å². The highest BCUT2D eigenvalue weighted by molar-refractivity contribution is 7.89. The zero-order valence-corrected chi connectivity index (χ0v) is 14.6. The first-order valence-electron chi connectivity index (χ1n) is 8.19. The van der Waals surface area contributed by atoms with Gasteiger partial charge in [-0.1, -0.05) is 18.2 Å². The van der Waals surface area contributed by atoms with E-state index in [-0.39, 0.29) is 11.5 Å². The number of pyridine rings is 1. The topological polar surface area (TPSA) is 111 Å². The van der Waals surface area contributed by atoms with E-state index in [2.05, 4.69) is 19.7 Å². The number of hydrogen-bond donors (Lipinski definition) is 4. The van der Waals surface area contributed by atoms with E-state index in [1.54, 1.807) is 18.3 Å². The Morgan fingerprint density at radius 1 is 1.08 bits per heavy atom. The highest BCUT2D eigenvalue weighted by Gasteiger charge is 2.24. The zero-order valence-electron chi connectivity index (χ0n) is 13.8. The number of nitrogens with one attached hydrogen (secondary N) is 3. The van der Waals surface area contributed by atoms with Crippen LogP contribution in [-0.4, -0.2) is 41.1 Å². The van der Waals surface area contributed by atoms with Crippen molar-refractivity contribution in [2.75, 3.05) is 6.61 Å². The lowest BCUT2D eigenvalue weighted by molar-refractivity contribution is 0.256. The SMILES string of the molecule is O=S(=O)(NC(CO)Cc1c[nH]c2ccccc12)c1c[nH]c2ncccc12. The summed E-state index contributed by atoms with van der Waals surface area (Å²) in [6, 6.07) is 10.5. The van der Waals surface area contributed by atoms with Crippen LogP contribution >= 0.6 is 0 Å². The molecule has 3 aromatic heterocycles. The van der Waals surface area contributed by atoms with E-state index in [9.17, 15) is 13.5 Å². The third-order valence-electron chi connectivity index (χ3n) is 4.39. The molecular weight excluding hydrogens is 352 g/mol. The largest absolute Gasteiger partial charge is 0.395 e. The molecule has 0 saturated carbocycles. The molecule has 0 saturated heterocycles.